The monoisotopic (exact) mass is 232 g/mol. The quantitative estimate of drug-likeness (QED) is 0.848. The van der Waals surface area contributed by atoms with E-state index in [-0.39, 0.29) is 12.2 Å². The van der Waals surface area contributed by atoms with Gasteiger partial charge in [0.1, 0.15) is 6.10 Å². The SMILES string of the molecule is O=C1NCC(c2ccc(N3CCCC3)cc2)O1. The second-order valence-corrected chi connectivity index (χ2v) is 4.56. The van der Waals surface area contributed by atoms with Crippen LogP contribution >= 0.6 is 0 Å². The number of rotatable bonds is 2. The maximum Gasteiger partial charge on any atom is 0.407 e. The van der Waals surface area contributed by atoms with E-state index in [4.69, 9.17) is 4.74 Å². The first-order valence-electron chi connectivity index (χ1n) is 6.12. The van der Waals surface area contributed by atoms with Gasteiger partial charge in [-0.05, 0) is 30.5 Å². The van der Waals surface area contributed by atoms with Gasteiger partial charge in [0.05, 0.1) is 6.54 Å². The Labute approximate surface area is 101 Å². The molecule has 0 aromatic heterocycles. The first-order valence-corrected chi connectivity index (χ1v) is 6.12. The third kappa shape index (κ3) is 2.07. The van der Waals surface area contributed by atoms with Gasteiger partial charge < -0.3 is 15.0 Å². The summed E-state index contributed by atoms with van der Waals surface area (Å²) in [7, 11) is 0. The van der Waals surface area contributed by atoms with Crippen LogP contribution in [-0.4, -0.2) is 25.7 Å². The number of anilines is 1. The largest absolute Gasteiger partial charge is 0.439 e. The van der Waals surface area contributed by atoms with Crippen LogP contribution in [0.25, 0.3) is 0 Å². The first-order chi connectivity index (χ1) is 8.33. The van der Waals surface area contributed by atoms with E-state index in [1.807, 2.05) is 0 Å². The zero-order chi connectivity index (χ0) is 11.7. The fourth-order valence-electron chi connectivity index (χ4n) is 2.45. The first kappa shape index (κ1) is 10.4. The number of hydrogen-bond donors (Lipinski definition) is 1. The smallest absolute Gasteiger partial charge is 0.407 e. The molecule has 0 aliphatic carbocycles. The van der Waals surface area contributed by atoms with Crippen molar-refractivity contribution in [2.24, 2.45) is 0 Å². The molecule has 2 aliphatic heterocycles. The maximum absolute atomic E-state index is 11.0. The van der Waals surface area contributed by atoms with Gasteiger partial charge >= 0.3 is 6.09 Å². The number of alkyl carbamates (subject to hydrolysis) is 1. The van der Waals surface area contributed by atoms with Gasteiger partial charge in [-0.2, -0.15) is 0 Å². The molecule has 1 aromatic rings. The second kappa shape index (κ2) is 4.28. The number of carbonyl (C=O) groups excluding carboxylic acids is 1. The zero-order valence-electron chi connectivity index (χ0n) is 9.69. The van der Waals surface area contributed by atoms with Crippen LogP contribution in [0.1, 0.15) is 24.5 Å². The lowest BCUT2D eigenvalue weighted by Gasteiger charge is -2.18. The molecule has 0 spiro atoms. The number of nitrogens with one attached hydrogen (secondary N) is 1. The fraction of sp³-hybridized carbons (Fsp3) is 0.462. The molecule has 4 nitrogen and oxygen atoms in total. The van der Waals surface area contributed by atoms with Crippen molar-refractivity contribution in [1.29, 1.82) is 0 Å². The summed E-state index contributed by atoms with van der Waals surface area (Å²) in [6.45, 7) is 2.88. The van der Waals surface area contributed by atoms with E-state index in [0.29, 0.717) is 6.54 Å². The Hall–Kier alpha value is -1.71. The number of carbonyl (C=O) groups is 1. The van der Waals surface area contributed by atoms with Crippen LogP contribution in [0.2, 0.25) is 0 Å². The van der Waals surface area contributed by atoms with E-state index in [2.05, 4.69) is 34.5 Å². The highest BCUT2D eigenvalue weighted by Crippen LogP contribution is 2.25. The highest BCUT2D eigenvalue weighted by Gasteiger charge is 2.24. The molecule has 1 aromatic carbocycles. The molecule has 2 saturated heterocycles. The number of ether oxygens (including phenoxy) is 1. The summed E-state index contributed by atoms with van der Waals surface area (Å²) in [5.41, 5.74) is 2.33. The topological polar surface area (TPSA) is 41.6 Å². The number of hydrogen-bond acceptors (Lipinski definition) is 3. The molecule has 0 radical (unpaired) electrons. The van der Waals surface area contributed by atoms with Crippen molar-refractivity contribution in [2.45, 2.75) is 18.9 Å². The standard InChI is InChI=1S/C13H16N2O2/c16-13-14-9-12(17-13)10-3-5-11(6-4-10)15-7-1-2-8-15/h3-6,12H,1-2,7-9H2,(H,14,16). The molecule has 3 rings (SSSR count). The lowest BCUT2D eigenvalue weighted by Crippen LogP contribution is -2.17. The number of benzene rings is 1. The van der Waals surface area contributed by atoms with Crippen molar-refractivity contribution in [3.63, 3.8) is 0 Å². The molecule has 0 bridgehead atoms. The van der Waals surface area contributed by atoms with Gasteiger partial charge in [0.15, 0.2) is 0 Å². The third-order valence-corrected chi connectivity index (χ3v) is 3.42. The van der Waals surface area contributed by atoms with Gasteiger partial charge in [0.2, 0.25) is 0 Å². The molecular formula is C13H16N2O2. The van der Waals surface area contributed by atoms with E-state index in [0.717, 1.165) is 18.7 Å². The lowest BCUT2D eigenvalue weighted by molar-refractivity contribution is 0.141. The Balaban J connectivity index is 1.73. The van der Waals surface area contributed by atoms with Crippen molar-refractivity contribution < 1.29 is 9.53 Å². The molecule has 4 heteroatoms. The van der Waals surface area contributed by atoms with E-state index < -0.39 is 0 Å². The van der Waals surface area contributed by atoms with Crippen LogP contribution in [-0.2, 0) is 4.74 Å². The summed E-state index contributed by atoms with van der Waals surface area (Å²) in [5.74, 6) is 0. The van der Waals surface area contributed by atoms with Crippen molar-refractivity contribution >= 4 is 11.8 Å². The fourth-order valence-corrected chi connectivity index (χ4v) is 2.45. The van der Waals surface area contributed by atoms with E-state index in [1.54, 1.807) is 0 Å². The summed E-state index contributed by atoms with van der Waals surface area (Å²) in [6.07, 6.45) is 2.12. The Kier molecular flexibility index (Phi) is 2.63. The van der Waals surface area contributed by atoms with Crippen molar-refractivity contribution in [1.82, 2.24) is 5.32 Å². The maximum atomic E-state index is 11.0. The van der Waals surface area contributed by atoms with Crippen LogP contribution < -0.4 is 10.2 Å². The van der Waals surface area contributed by atoms with Crippen LogP contribution in [0.5, 0.6) is 0 Å². The number of nitrogens with zero attached hydrogens (tertiary/aromatic N) is 1. The summed E-state index contributed by atoms with van der Waals surface area (Å²) < 4.78 is 5.15. The van der Waals surface area contributed by atoms with Gasteiger partial charge in [-0.3, -0.25) is 0 Å². The highest BCUT2D eigenvalue weighted by atomic mass is 16.6. The molecule has 17 heavy (non-hydrogen) atoms. The number of amides is 1. The summed E-state index contributed by atoms with van der Waals surface area (Å²) in [4.78, 5) is 13.4. The van der Waals surface area contributed by atoms with Crippen LogP contribution in [0, 0.1) is 0 Å². The second-order valence-electron chi connectivity index (χ2n) is 4.56. The average molecular weight is 232 g/mol. The molecular weight excluding hydrogens is 216 g/mol. The van der Waals surface area contributed by atoms with Gasteiger partial charge in [0.25, 0.3) is 0 Å². The molecule has 2 aliphatic rings. The normalized spacial score (nSPS) is 23.6. The minimum Gasteiger partial charge on any atom is -0.439 e. The molecule has 90 valence electrons. The minimum atomic E-state index is -0.321. The van der Waals surface area contributed by atoms with Gasteiger partial charge in [-0.15, -0.1) is 0 Å². The van der Waals surface area contributed by atoms with E-state index >= 15 is 0 Å². The lowest BCUT2D eigenvalue weighted by atomic mass is 10.1. The van der Waals surface area contributed by atoms with Crippen LogP contribution in [0.15, 0.2) is 24.3 Å². The Morgan fingerprint density at radius 2 is 1.88 bits per heavy atom. The predicted octanol–water partition coefficient (Wildman–Crippen LogP) is 2.07. The predicted molar refractivity (Wildman–Crippen MR) is 65.1 cm³/mol. The van der Waals surface area contributed by atoms with Crippen LogP contribution in [0.4, 0.5) is 10.5 Å². The molecule has 1 N–H and O–H groups in total. The summed E-state index contributed by atoms with van der Waals surface area (Å²) in [5, 5.41) is 2.67. The van der Waals surface area contributed by atoms with Gasteiger partial charge in [0, 0.05) is 18.8 Å². The molecule has 1 amide bonds. The van der Waals surface area contributed by atoms with Crippen molar-refractivity contribution in [3.05, 3.63) is 29.8 Å². The molecule has 1 atom stereocenters. The Bertz CT molecular complexity index is 410. The van der Waals surface area contributed by atoms with E-state index in [1.165, 1.54) is 18.5 Å². The summed E-state index contributed by atoms with van der Waals surface area (Å²) >= 11 is 0. The minimum absolute atomic E-state index is 0.130. The van der Waals surface area contributed by atoms with Crippen LogP contribution in [0.3, 0.4) is 0 Å². The van der Waals surface area contributed by atoms with Gasteiger partial charge in [-0.1, -0.05) is 12.1 Å². The molecule has 1 unspecified atom stereocenters. The average Bonchev–Trinajstić information content (AvgIpc) is 3.00. The highest BCUT2D eigenvalue weighted by molar-refractivity contribution is 5.69. The zero-order valence-corrected chi connectivity index (χ0v) is 9.69. The van der Waals surface area contributed by atoms with Crippen molar-refractivity contribution in [3.8, 4) is 0 Å². The number of cyclic esters (lactones) is 1. The third-order valence-electron chi connectivity index (χ3n) is 3.42. The Morgan fingerprint density at radius 3 is 2.47 bits per heavy atom. The van der Waals surface area contributed by atoms with E-state index in [9.17, 15) is 4.79 Å². The Morgan fingerprint density at radius 1 is 1.18 bits per heavy atom. The molecule has 0 saturated carbocycles. The molecule has 2 fully saturated rings. The van der Waals surface area contributed by atoms with Crippen molar-refractivity contribution in [2.75, 3.05) is 24.5 Å². The van der Waals surface area contributed by atoms with Gasteiger partial charge in [-0.25, -0.2) is 4.79 Å². The molecule has 2 heterocycles. The summed E-state index contributed by atoms with van der Waals surface area (Å²) in [6, 6.07) is 8.34.